The summed E-state index contributed by atoms with van der Waals surface area (Å²) >= 11 is 0. The first-order valence-electron chi connectivity index (χ1n) is 7.51. The van der Waals surface area contributed by atoms with Crippen LogP contribution in [0.4, 0.5) is 17.6 Å². The van der Waals surface area contributed by atoms with Crippen molar-refractivity contribution in [3.05, 3.63) is 65.2 Å². The molecule has 2 aromatic carbocycles. The molecule has 0 bridgehead atoms. The van der Waals surface area contributed by atoms with Gasteiger partial charge in [0.1, 0.15) is 5.75 Å². The predicted octanol–water partition coefficient (Wildman–Crippen LogP) is 5.68. The lowest BCUT2D eigenvalue weighted by Crippen LogP contribution is -2.20. The molecule has 2 rings (SSSR count). The van der Waals surface area contributed by atoms with E-state index in [1.165, 1.54) is 43.3 Å². The molecule has 1 atom stereocenters. The lowest BCUT2D eigenvalue weighted by Gasteiger charge is -2.22. The van der Waals surface area contributed by atoms with Crippen molar-refractivity contribution in [2.75, 3.05) is 0 Å². The largest absolute Gasteiger partial charge is 0.435 e. The molecule has 0 aliphatic carbocycles. The van der Waals surface area contributed by atoms with Crippen LogP contribution in [0.15, 0.2) is 48.5 Å². The van der Waals surface area contributed by atoms with E-state index in [0.717, 1.165) is 12.0 Å². The number of hydrogen-bond donors (Lipinski definition) is 0. The zero-order valence-corrected chi connectivity index (χ0v) is 13.3. The standard InChI is InChI=1S/C18H18F4O2/c1-3-13-4-8-15(9-5-13)18(21,22)24-12(2)14-6-10-16(11-7-14)23-17(19)20/h4-12,17H,3H2,1-2H3. The Morgan fingerprint density at radius 2 is 1.54 bits per heavy atom. The molecule has 0 saturated heterocycles. The van der Waals surface area contributed by atoms with Gasteiger partial charge in [-0.25, -0.2) is 0 Å². The van der Waals surface area contributed by atoms with Crippen molar-refractivity contribution in [1.82, 2.24) is 0 Å². The minimum absolute atomic E-state index is 0.0390. The van der Waals surface area contributed by atoms with E-state index in [0.29, 0.717) is 5.56 Å². The second kappa shape index (κ2) is 7.66. The number of hydrogen-bond acceptors (Lipinski definition) is 2. The van der Waals surface area contributed by atoms with Crippen molar-refractivity contribution in [1.29, 1.82) is 0 Å². The second-order valence-electron chi connectivity index (χ2n) is 5.27. The lowest BCUT2D eigenvalue weighted by molar-refractivity contribution is -0.272. The maximum Gasteiger partial charge on any atom is 0.387 e. The SMILES string of the molecule is CCc1ccc(C(F)(F)OC(C)c2ccc(OC(F)F)cc2)cc1. The fourth-order valence-electron chi connectivity index (χ4n) is 2.21. The van der Waals surface area contributed by atoms with Gasteiger partial charge >= 0.3 is 12.7 Å². The number of alkyl halides is 4. The zero-order chi connectivity index (χ0) is 17.7. The Labute approximate surface area is 138 Å². The number of ether oxygens (including phenoxy) is 2. The van der Waals surface area contributed by atoms with Crippen LogP contribution in [0.1, 0.15) is 36.6 Å². The third-order valence-corrected chi connectivity index (χ3v) is 3.60. The number of benzene rings is 2. The first-order valence-corrected chi connectivity index (χ1v) is 7.51. The van der Waals surface area contributed by atoms with E-state index in [1.807, 2.05) is 6.92 Å². The van der Waals surface area contributed by atoms with Crippen LogP contribution >= 0.6 is 0 Å². The van der Waals surface area contributed by atoms with Gasteiger partial charge in [0.25, 0.3) is 0 Å². The highest BCUT2D eigenvalue weighted by Gasteiger charge is 2.35. The van der Waals surface area contributed by atoms with Gasteiger partial charge in [-0.15, -0.1) is 0 Å². The molecule has 24 heavy (non-hydrogen) atoms. The number of halogens is 4. The van der Waals surface area contributed by atoms with Crippen molar-refractivity contribution in [3.63, 3.8) is 0 Å². The minimum Gasteiger partial charge on any atom is -0.435 e. The predicted molar refractivity (Wildman–Crippen MR) is 82.3 cm³/mol. The van der Waals surface area contributed by atoms with Gasteiger partial charge in [0.15, 0.2) is 0 Å². The summed E-state index contributed by atoms with van der Waals surface area (Å²) in [7, 11) is 0. The van der Waals surface area contributed by atoms with E-state index in [4.69, 9.17) is 4.74 Å². The van der Waals surface area contributed by atoms with Gasteiger partial charge in [-0.1, -0.05) is 43.3 Å². The molecule has 0 heterocycles. The Kier molecular flexibility index (Phi) is 5.83. The van der Waals surface area contributed by atoms with Crippen molar-refractivity contribution in [3.8, 4) is 5.75 Å². The van der Waals surface area contributed by atoms with Crippen molar-refractivity contribution in [2.24, 2.45) is 0 Å². The van der Waals surface area contributed by atoms with Gasteiger partial charge < -0.3 is 9.47 Å². The van der Waals surface area contributed by atoms with E-state index < -0.39 is 18.8 Å². The summed E-state index contributed by atoms with van der Waals surface area (Å²) in [4.78, 5) is 0. The van der Waals surface area contributed by atoms with Crippen LogP contribution in [-0.4, -0.2) is 6.61 Å². The Morgan fingerprint density at radius 3 is 2.04 bits per heavy atom. The molecule has 0 spiro atoms. The maximum atomic E-state index is 14.2. The fourth-order valence-corrected chi connectivity index (χ4v) is 2.21. The Hall–Kier alpha value is -2.08. The molecule has 0 aliphatic rings. The molecule has 1 unspecified atom stereocenters. The van der Waals surface area contributed by atoms with Crippen LogP contribution in [0.2, 0.25) is 0 Å². The molecule has 2 aromatic rings. The Morgan fingerprint density at radius 1 is 0.958 bits per heavy atom. The Bertz CT molecular complexity index is 639. The van der Waals surface area contributed by atoms with E-state index in [-0.39, 0.29) is 11.3 Å². The third kappa shape index (κ3) is 4.71. The van der Waals surface area contributed by atoms with E-state index >= 15 is 0 Å². The summed E-state index contributed by atoms with van der Waals surface area (Å²) in [6.07, 6.45) is -3.62. The summed E-state index contributed by atoms with van der Waals surface area (Å²) in [5.74, 6) is -0.0390. The van der Waals surface area contributed by atoms with Crippen LogP contribution in [-0.2, 0) is 17.3 Å². The smallest absolute Gasteiger partial charge is 0.387 e. The quantitative estimate of drug-likeness (QED) is 0.603. The number of rotatable bonds is 7. The minimum atomic E-state index is -3.45. The van der Waals surface area contributed by atoms with Crippen LogP contribution < -0.4 is 4.74 Å². The van der Waals surface area contributed by atoms with Gasteiger partial charge in [0, 0.05) is 0 Å². The van der Waals surface area contributed by atoms with Crippen molar-refractivity contribution < 1.29 is 27.0 Å². The summed E-state index contributed by atoms with van der Waals surface area (Å²) in [5, 5.41) is 0. The van der Waals surface area contributed by atoms with Gasteiger partial charge in [0.05, 0.1) is 11.7 Å². The molecular formula is C18H18F4O2. The van der Waals surface area contributed by atoms with E-state index in [1.54, 1.807) is 12.1 Å². The monoisotopic (exact) mass is 342 g/mol. The molecule has 0 N–H and O–H groups in total. The first kappa shape index (κ1) is 18.3. The molecule has 2 nitrogen and oxygen atoms in total. The fraction of sp³-hybridized carbons (Fsp3) is 0.333. The first-order chi connectivity index (χ1) is 11.3. The molecular weight excluding hydrogens is 324 g/mol. The molecule has 0 fully saturated rings. The van der Waals surface area contributed by atoms with Crippen molar-refractivity contribution >= 4 is 0 Å². The highest BCUT2D eigenvalue weighted by atomic mass is 19.3. The van der Waals surface area contributed by atoms with Crippen LogP contribution in [0.25, 0.3) is 0 Å². The van der Waals surface area contributed by atoms with E-state index in [2.05, 4.69) is 4.74 Å². The van der Waals surface area contributed by atoms with Gasteiger partial charge in [0.2, 0.25) is 0 Å². The topological polar surface area (TPSA) is 18.5 Å². The molecule has 0 amide bonds. The summed E-state index contributed by atoms with van der Waals surface area (Å²) in [5.41, 5.74) is 1.16. The summed E-state index contributed by atoms with van der Waals surface area (Å²) < 4.78 is 61.8. The molecule has 0 aromatic heterocycles. The third-order valence-electron chi connectivity index (χ3n) is 3.60. The van der Waals surface area contributed by atoms with Gasteiger partial charge in [-0.2, -0.15) is 17.6 Å². The van der Waals surface area contributed by atoms with Gasteiger partial charge in [-0.05, 0) is 36.6 Å². The molecule has 0 radical (unpaired) electrons. The normalized spacial score (nSPS) is 13.1. The average molecular weight is 342 g/mol. The summed E-state index contributed by atoms with van der Waals surface area (Å²) in [6, 6.07) is 11.3. The average Bonchev–Trinajstić information content (AvgIpc) is 2.54. The van der Waals surface area contributed by atoms with Gasteiger partial charge in [-0.3, -0.25) is 0 Å². The Balaban J connectivity index is 2.07. The number of aryl methyl sites for hydroxylation is 1. The maximum absolute atomic E-state index is 14.2. The summed E-state index contributed by atoms with van der Waals surface area (Å²) in [6.45, 7) is 0.477. The second-order valence-corrected chi connectivity index (χ2v) is 5.27. The highest BCUT2D eigenvalue weighted by Crippen LogP contribution is 2.35. The highest BCUT2D eigenvalue weighted by molar-refractivity contribution is 5.29. The van der Waals surface area contributed by atoms with Crippen LogP contribution in [0.3, 0.4) is 0 Å². The van der Waals surface area contributed by atoms with Crippen LogP contribution in [0, 0.1) is 0 Å². The van der Waals surface area contributed by atoms with Crippen molar-refractivity contribution in [2.45, 2.75) is 39.1 Å². The molecule has 6 heteroatoms. The van der Waals surface area contributed by atoms with E-state index in [9.17, 15) is 17.6 Å². The zero-order valence-electron chi connectivity index (χ0n) is 13.3. The molecule has 130 valence electrons. The lowest BCUT2D eigenvalue weighted by atomic mass is 10.1. The molecule has 0 aliphatic heterocycles. The van der Waals surface area contributed by atoms with Crippen LogP contribution in [0.5, 0.6) is 5.75 Å². The molecule has 0 saturated carbocycles.